The van der Waals surface area contributed by atoms with Crippen molar-refractivity contribution < 1.29 is 43.4 Å². The number of allylic oxidation sites excluding steroid dienone is 6. The highest BCUT2D eigenvalue weighted by atomic mass is 35.5. The third-order valence-corrected chi connectivity index (χ3v) is 6.21. The molecule has 2 aliphatic rings. The summed E-state index contributed by atoms with van der Waals surface area (Å²) in [7, 11) is 0. The number of benzene rings is 1. The number of carbonyl (C=O) groups is 3. The van der Waals surface area contributed by atoms with Crippen LogP contribution in [0.3, 0.4) is 0 Å². The Bertz CT molecular complexity index is 1190. The summed E-state index contributed by atoms with van der Waals surface area (Å²) in [5.74, 6) is -7.55. The number of esters is 3. The lowest BCUT2D eigenvalue weighted by atomic mass is 9.75. The van der Waals surface area contributed by atoms with Crippen molar-refractivity contribution in [3.05, 3.63) is 93.6 Å². The third-order valence-electron chi connectivity index (χ3n) is 5.96. The van der Waals surface area contributed by atoms with E-state index in [1.165, 1.54) is 42.5 Å². The van der Waals surface area contributed by atoms with Crippen molar-refractivity contribution in [3.63, 3.8) is 0 Å². The first-order chi connectivity index (χ1) is 18.1. The normalized spacial score (nSPS) is 27.7. The highest BCUT2D eigenvalue weighted by molar-refractivity contribution is 6.30. The minimum Gasteiger partial charge on any atom is -0.453 e. The number of carbonyl (C=O) groups excluding carboxylic acids is 3. The summed E-state index contributed by atoms with van der Waals surface area (Å²) in [5.41, 5.74) is -2.60. The maximum absolute atomic E-state index is 13.5. The Balaban J connectivity index is 2.10. The van der Waals surface area contributed by atoms with Gasteiger partial charge in [0.2, 0.25) is 6.54 Å². The van der Waals surface area contributed by atoms with E-state index in [-0.39, 0.29) is 5.56 Å². The molecule has 38 heavy (non-hydrogen) atoms. The molecule has 3 rings (SSSR count). The molecule has 11 nitrogen and oxygen atoms in total. The van der Waals surface area contributed by atoms with Crippen molar-refractivity contribution in [3.8, 4) is 0 Å². The van der Waals surface area contributed by atoms with E-state index in [1.54, 1.807) is 32.1 Å². The zero-order valence-electron chi connectivity index (χ0n) is 20.5. The largest absolute Gasteiger partial charge is 0.453 e. The Hall–Kier alpha value is -3.80. The molecular formula is C26H26ClNO10. The van der Waals surface area contributed by atoms with E-state index in [0.717, 1.165) is 12.2 Å². The first-order valence-electron chi connectivity index (χ1n) is 11.6. The van der Waals surface area contributed by atoms with Crippen LogP contribution in [0.2, 0.25) is 5.02 Å². The van der Waals surface area contributed by atoms with E-state index in [9.17, 15) is 29.6 Å². The van der Waals surface area contributed by atoms with Gasteiger partial charge in [-0.3, -0.25) is 10.1 Å². The van der Waals surface area contributed by atoms with E-state index >= 15 is 0 Å². The lowest BCUT2D eigenvalue weighted by Gasteiger charge is -2.39. The van der Waals surface area contributed by atoms with Crippen LogP contribution in [0.15, 0.2) is 72.9 Å². The maximum atomic E-state index is 13.5. The van der Waals surface area contributed by atoms with Crippen LogP contribution in [0, 0.1) is 10.1 Å². The molecule has 0 spiro atoms. The van der Waals surface area contributed by atoms with Crippen molar-refractivity contribution >= 4 is 29.5 Å². The first-order valence-corrected chi connectivity index (χ1v) is 11.9. The van der Waals surface area contributed by atoms with Crippen molar-refractivity contribution in [1.82, 2.24) is 0 Å². The number of hydrogen-bond donors (Lipinski definition) is 1. The number of halogens is 1. The lowest BCUT2D eigenvalue weighted by molar-refractivity contribution is -0.489. The molecule has 5 atom stereocenters. The molecule has 2 heterocycles. The van der Waals surface area contributed by atoms with Gasteiger partial charge in [0.15, 0.2) is 12.2 Å². The monoisotopic (exact) mass is 547 g/mol. The molecule has 12 heteroatoms. The summed E-state index contributed by atoms with van der Waals surface area (Å²) in [4.78, 5) is 49.6. The van der Waals surface area contributed by atoms with Gasteiger partial charge < -0.3 is 24.1 Å². The molecule has 1 aromatic rings. The van der Waals surface area contributed by atoms with Gasteiger partial charge in [-0.25, -0.2) is 14.4 Å². The number of nitro groups is 1. The second kappa shape index (κ2) is 12.2. The van der Waals surface area contributed by atoms with Crippen LogP contribution < -0.4 is 0 Å². The van der Waals surface area contributed by atoms with Gasteiger partial charge in [-0.05, 0) is 31.5 Å². The molecule has 0 amide bonds. The SMILES string of the molecule is C/C=C/C=C/C(=O)O[C@H]1CO[C@@]2(O)[C@@H]1OC(=O)[C@]2(OC(=O)/C=C/C=C/C)C(C[N+](=O)[O-])c1ccc(Cl)cc1. The lowest BCUT2D eigenvalue weighted by Crippen LogP contribution is -2.64. The van der Waals surface area contributed by atoms with Crippen molar-refractivity contribution in [2.24, 2.45) is 0 Å². The van der Waals surface area contributed by atoms with Crippen LogP contribution in [0.4, 0.5) is 0 Å². The maximum Gasteiger partial charge on any atom is 0.358 e. The minimum atomic E-state index is -2.74. The second-order valence-electron chi connectivity index (χ2n) is 8.35. The van der Waals surface area contributed by atoms with E-state index in [1.807, 2.05) is 0 Å². The molecular weight excluding hydrogens is 522 g/mol. The van der Waals surface area contributed by atoms with Crippen molar-refractivity contribution in [2.45, 2.75) is 43.4 Å². The van der Waals surface area contributed by atoms with E-state index in [2.05, 4.69) is 0 Å². The van der Waals surface area contributed by atoms with Gasteiger partial charge in [-0.2, -0.15) is 0 Å². The second-order valence-corrected chi connectivity index (χ2v) is 8.79. The smallest absolute Gasteiger partial charge is 0.358 e. The number of fused-ring (bicyclic) bond motifs is 1. The highest BCUT2D eigenvalue weighted by Crippen LogP contribution is 2.53. The fraction of sp³-hybridized carbons (Fsp3) is 0.346. The van der Waals surface area contributed by atoms with Crippen molar-refractivity contribution in [2.75, 3.05) is 13.2 Å². The Morgan fingerprint density at radius 2 is 1.76 bits per heavy atom. The fourth-order valence-electron chi connectivity index (χ4n) is 4.31. The molecule has 2 aliphatic heterocycles. The summed E-state index contributed by atoms with van der Waals surface area (Å²) in [6.45, 7) is 2.04. The fourth-order valence-corrected chi connectivity index (χ4v) is 4.44. The average molecular weight is 548 g/mol. The molecule has 1 aromatic carbocycles. The average Bonchev–Trinajstić information content (AvgIpc) is 3.28. The molecule has 2 fully saturated rings. The molecule has 0 bridgehead atoms. The van der Waals surface area contributed by atoms with Gasteiger partial charge in [0.1, 0.15) is 5.92 Å². The summed E-state index contributed by atoms with van der Waals surface area (Å²) >= 11 is 5.97. The minimum absolute atomic E-state index is 0.140. The van der Waals surface area contributed by atoms with Gasteiger partial charge in [0, 0.05) is 22.1 Å². The van der Waals surface area contributed by atoms with E-state index in [0.29, 0.717) is 5.02 Å². The summed E-state index contributed by atoms with van der Waals surface area (Å²) < 4.78 is 21.8. The predicted molar refractivity (Wildman–Crippen MR) is 133 cm³/mol. The third kappa shape index (κ3) is 5.69. The van der Waals surface area contributed by atoms with Gasteiger partial charge in [0.05, 0.1) is 6.61 Å². The van der Waals surface area contributed by atoms with Gasteiger partial charge >= 0.3 is 17.9 Å². The van der Waals surface area contributed by atoms with Crippen LogP contribution in [-0.2, 0) is 33.3 Å². The topological polar surface area (TPSA) is 152 Å². The van der Waals surface area contributed by atoms with Gasteiger partial charge in [-0.15, -0.1) is 0 Å². The Labute approximate surface area is 223 Å². The molecule has 202 valence electrons. The summed E-state index contributed by atoms with van der Waals surface area (Å²) in [6, 6.07) is 5.63. The van der Waals surface area contributed by atoms with Crippen LogP contribution in [-0.4, -0.2) is 64.7 Å². The van der Waals surface area contributed by atoms with Crippen LogP contribution in [0.5, 0.6) is 0 Å². The van der Waals surface area contributed by atoms with Crippen LogP contribution >= 0.6 is 11.6 Å². The molecule has 0 radical (unpaired) electrons. The predicted octanol–water partition coefficient (Wildman–Crippen LogP) is 2.80. The molecule has 1 N–H and O–H groups in total. The van der Waals surface area contributed by atoms with E-state index in [4.69, 9.17) is 30.5 Å². The molecule has 0 saturated carbocycles. The molecule has 1 unspecified atom stereocenters. The Kier molecular flexibility index (Phi) is 9.21. The number of aliphatic hydroxyl groups is 1. The quantitative estimate of drug-likeness (QED) is 0.116. The molecule has 0 aromatic heterocycles. The number of nitrogens with zero attached hydrogens (tertiary/aromatic N) is 1. The number of rotatable bonds is 10. The summed E-state index contributed by atoms with van der Waals surface area (Å²) in [6.07, 6.45) is 8.26. The highest BCUT2D eigenvalue weighted by Gasteiger charge is 2.80. The zero-order chi connectivity index (χ0) is 27.9. The first kappa shape index (κ1) is 28.8. The Morgan fingerprint density at radius 3 is 2.34 bits per heavy atom. The molecule has 0 aliphatic carbocycles. The van der Waals surface area contributed by atoms with E-state index < -0.39 is 65.5 Å². The van der Waals surface area contributed by atoms with Crippen LogP contribution in [0.25, 0.3) is 0 Å². The zero-order valence-corrected chi connectivity index (χ0v) is 21.3. The molecule has 2 saturated heterocycles. The summed E-state index contributed by atoms with van der Waals surface area (Å²) in [5, 5.41) is 23.8. The van der Waals surface area contributed by atoms with Crippen LogP contribution in [0.1, 0.15) is 25.3 Å². The van der Waals surface area contributed by atoms with Crippen molar-refractivity contribution in [1.29, 1.82) is 0 Å². The number of ether oxygens (including phenoxy) is 4. The van der Waals surface area contributed by atoms with Gasteiger partial charge in [-0.1, -0.05) is 60.2 Å². The number of hydrogen-bond acceptors (Lipinski definition) is 10. The standard InChI is InChI=1S/C26H26ClNO10/c1-3-5-7-9-21(29)36-20-16-35-26(32)23(20)37-24(31)25(26,38-22(30)10-8-6-4-2)19(15-28(33)34)17-11-13-18(27)14-12-17/h3-14,19-20,23,32H,15-16H2,1-2H3/b5-3+,6-4+,9-7+,10-8+/t19?,20-,23+,25+,26-/m0/s1. The van der Waals surface area contributed by atoms with Gasteiger partial charge in [0.25, 0.3) is 11.4 Å². The Morgan fingerprint density at radius 1 is 1.16 bits per heavy atom.